The molecule has 1 heterocycles. The van der Waals surface area contributed by atoms with Crippen molar-refractivity contribution in [3.05, 3.63) is 23.3 Å². The van der Waals surface area contributed by atoms with Crippen LogP contribution in [0.2, 0.25) is 0 Å². The van der Waals surface area contributed by atoms with Crippen LogP contribution in [-0.4, -0.2) is 15.1 Å². The van der Waals surface area contributed by atoms with Gasteiger partial charge in [-0.3, -0.25) is 0 Å². The van der Waals surface area contributed by atoms with Crippen molar-refractivity contribution in [3.63, 3.8) is 0 Å². The zero-order chi connectivity index (χ0) is 10.1. The average Bonchev–Trinajstić information content (AvgIpc) is 2.02. The number of aryl methyl sites for hydroxylation is 1. The second kappa shape index (κ2) is 3.42. The van der Waals surface area contributed by atoms with Crippen molar-refractivity contribution in [1.29, 1.82) is 0 Å². The molecule has 0 fully saturated rings. The van der Waals surface area contributed by atoms with Crippen LogP contribution in [0.25, 0.3) is 0 Å². The van der Waals surface area contributed by atoms with Gasteiger partial charge in [0.1, 0.15) is 5.82 Å². The first-order valence-corrected chi connectivity index (χ1v) is 4.39. The van der Waals surface area contributed by atoms with Crippen LogP contribution in [0.15, 0.2) is 6.20 Å². The largest absolute Gasteiger partial charge is 0.392 e. The van der Waals surface area contributed by atoms with E-state index in [0.717, 1.165) is 17.1 Å². The molecule has 3 heteroatoms. The van der Waals surface area contributed by atoms with E-state index in [2.05, 4.69) is 30.7 Å². The first-order chi connectivity index (χ1) is 5.95. The Hall–Kier alpha value is -0.960. The Labute approximate surface area is 78.9 Å². The highest BCUT2D eigenvalue weighted by Gasteiger charge is 2.17. The molecular weight excluding hydrogens is 164 g/mol. The maximum Gasteiger partial charge on any atom is 0.133 e. The van der Waals surface area contributed by atoms with E-state index in [1.807, 2.05) is 6.92 Å². The molecule has 0 atom stereocenters. The van der Waals surface area contributed by atoms with Crippen LogP contribution in [0, 0.1) is 6.92 Å². The van der Waals surface area contributed by atoms with Crippen molar-refractivity contribution >= 4 is 0 Å². The van der Waals surface area contributed by atoms with Gasteiger partial charge in [0, 0.05) is 22.9 Å². The first kappa shape index (κ1) is 10.1. The van der Waals surface area contributed by atoms with Crippen LogP contribution in [-0.2, 0) is 12.0 Å². The monoisotopic (exact) mass is 180 g/mol. The normalized spacial score (nSPS) is 11.8. The molecule has 0 amide bonds. The first-order valence-electron chi connectivity index (χ1n) is 4.39. The quantitative estimate of drug-likeness (QED) is 0.713. The Morgan fingerprint density at radius 3 is 2.38 bits per heavy atom. The van der Waals surface area contributed by atoms with Crippen molar-refractivity contribution in [3.8, 4) is 0 Å². The van der Waals surface area contributed by atoms with Crippen LogP contribution in [0.1, 0.15) is 37.9 Å². The smallest absolute Gasteiger partial charge is 0.133 e. The molecule has 0 aliphatic carbocycles. The summed E-state index contributed by atoms with van der Waals surface area (Å²) in [4.78, 5) is 8.55. The molecule has 0 aromatic carbocycles. The number of aliphatic hydroxyl groups is 1. The minimum Gasteiger partial charge on any atom is -0.392 e. The van der Waals surface area contributed by atoms with E-state index in [1.54, 1.807) is 6.20 Å². The second-order valence-electron chi connectivity index (χ2n) is 4.21. The molecule has 1 aromatic rings. The van der Waals surface area contributed by atoms with Crippen LogP contribution < -0.4 is 0 Å². The summed E-state index contributed by atoms with van der Waals surface area (Å²) in [5.74, 6) is 0.821. The molecule has 1 aromatic heterocycles. The van der Waals surface area contributed by atoms with Gasteiger partial charge in [0.05, 0.1) is 6.61 Å². The number of aromatic nitrogens is 2. The second-order valence-corrected chi connectivity index (χ2v) is 4.21. The van der Waals surface area contributed by atoms with Gasteiger partial charge >= 0.3 is 0 Å². The van der Waals surface area contributed by atoms with Gasteiger partial charge < -0.3 is 5.11 Å². The van der Waals surface area contributed by atoms with E-state index >= 15 is 0 Å². The summed E-state index contributed by atoms with van der Waals surface area (Å²) in [6.07, 6.45) is 1.70. The summed E-state index contributed by atoms with van der Waals surface area (Å²) in [5.41, 5.74) is 1.63. The Morgan fingerprint density at radius 1 is 1.38 bits per heavy atom. The maximum absolute atomic E-state index is 8.93. The molecule has 3 nitrogen and oxygen atoms in total. The molecule has 0 radical (unpaired) electrons. The molecule has 13 heavy (non-hydrogen) atoms. The number of rotatable bonds is 1. The van der Waals surface area contributed by atoms with Crippen molar-refractivity contribution in [2.45, 2.75) is 39.7 Å². The lowest BCUT2D eigenvalue weighted by Gasteiger charge is -2.17. The third kappa shape index (κ3) is 2.25. The van der Waals surface area contributed by atoms with Gasteiger partial charge in [-0.25, -0.2) is 9.97 Å². The van der Waals surface area contributed by atoms with Gasteiger partial charge in [-0.05, 0) is 6.92 Å². The van der Waals surface area contributed by atoms with E-state index in [9.17, 15) is 0 Å². The number of hydrogen-bond acceptors (Lipinski definition) is 3. The van der Waals surface area contributed by atoms with Gasteiger partial charge in [0.15, 0.2) is 0 Å². The SMILES string of the molecule is Cc1nc(C(C)(C)C)ncc1CO. The lowest BCUT2D eigenvalue weighted by atomic mass is 9.95. The molecule has 0 aliphatic rings. The van der Waals surface area contributed by atoms with E-state index in [0.29, 0.717) is 0 Å². The summed E-state index contributed by atoms with van der Waals surface area (Å²) in [6.45, 7) is 8.11. The highest BCUT2D eigenvalue weighted by molar-refractivity contribution is 5.17. The Morgan fingerprint density at radius 2 is 2.00 bits per heavy atom. The summed E-state index contributed by atoms with van der Waals surface area (Å²) < 4.78 is 0. The highest BCUT2D eigenvalue weighted by atomic mass is 16.3. The summed E-state index contributed by atoms with van der Waals surface area (Å²) in [7, 11) is 0. The molecule has 0 bridgehead atoms. The predicted molar refractivity (Wildman–Crippen MR) is 51.4 cm³/mol. The molecule has 0 spiro atoms. The van der Waals surface area contributed by atoms with Crippen molar-refractivity contribution in [2.75, 3.05) is 0 Å². The zero-order valence-electron chi connectivity index (χ0n) is 8.63. The number of hydrogen-bond donors (Lipinski definition) is 1. The standard InChI is InChI=1S/C10H16N2O/c1-7-8(6-13)5-11-9(12-7)10(2,3)4/h5,13H,6H2,1-4H3. The number of aliphatic hydroxyl groups excluding tert-OH is 1. The van der Waals surface area contributed by atoms with Crippen molar-refractivity contribution < 1.29 is 5.11 Å². The van der Waals surface area contributed by atoms with Gasteiger partial charge in [-0.2, -0.15) is 0 Å². The molecule has 72 valence electrons. The fourth-order valence-corrected chi connectivity index (χ4v) is 1.01. The molecular formula is C10H16N2O. The van der Waals surface area contributed by atoms with E-state index in [4.69, 9.17) is 5.11 Å². The maximum atomic E-state index is 8.93. The summed E-state index contributed by atoms with van der Waals surface area (Å²) in [5, 5.41) is 8.93. The van der Waals surface area contributed by atoms with E-state index < -0.39 is 0 Å². The Bertz CT molecular complexity index is 302. The lowest BCUT2D eigenvalue weighted by Crippen LogP contribution is -2.17. The molecule has 0 aliphatic heterocycles. The minimum absolute atomic E-state index is 0.0102. The average molecular weight is 180 g/mol. The van der Waals surface area contributed by atoms with Crippen LogP contribution in [0.5, 0.6) is 0 Å². The third-order valence-corrected chi connectivity index (χ3v) is 1.92. The lowest BCUT2D eigenvalue weighted by molar-refractivity contribution is 0.279. The molecule has 1 N–H and O–H groups in total. The van der Waals surface area contributed by atoms with Crippen LogP contribution >= 0.6 is 0 Å². The Kier molecular flexibility index (Phi) is 2.66. The fourth-order valence-electron chi connectivity index (χ4n) is 1.01. The van der Waals surface area contributed by atoms with Gasteiger partial charge in [-0.1, -0.05) is 20.8 Å². The highest BCUT2D eigenvalue weighted by Crippen LogP contribution is 2.18. The topological polar surface area (TPSA) is 46.0 Å². The minimum atomic E-state index is -0.0290. The molecule has 1 rings (SSSR count). The van der Waals surface area contributed by atoms with Gasteiger partial charge in [0.25, 0.3) is 0 Å². The number of nitrogens with zero attached hydrogens (tertiary/aromatic N) is 2. The fraction of sp³-hybridized carbons (Fsp3) is 0.600. The molecule has 0 unspecified atom stereocenters. The molecule has 0 saturated heterocycles. The van der Waals surface area contributed by atoms with Crippen LogP contribution in [0.4, 0.5) is 0 Å². The summed E-state index contributed by atoms with van der Waals surface area (Å²) >= 11 is 0. The summed E-state index contributed by atoms with van der Waals surface area (Å²) in [6, 6.07) is 0. The van der Waals surface area contributed by atoms with E-state index in [-0.39, 0.29) is 12.0 Å². The van der Waals surface area contributed by atoms with Crippen molar-refractivity contribution in [1.82, 2.24) is 9.97 Å². The Balaban J connectivity index is 3.10. The third-order valence-electron chi connectivity index (χ3n) is 1.92. The van der Waals surface area contributed by atoms with Gasteiger partial charge in [0.2, 0.25) is 0 Å². The van der Waals surface area contributed by atoms with Gasteiger partial charge in [-0.15, -0.1) is 0 Å². The van der Waals surface area contributed by atoms with E-state index in [1.165, 1.54) is 0 Å². The van der Waals surface area contributed by atoms with Crippen LogP contribution in [0.3, 0.4) is 0 Å². The van der Waals surface area contributed by atoms with Crippen molar-refractivity contribution in [2.24, 2.45) is 0 Å². The zero-order valence-corrected chi connectivity index (χ0v) is 8.63. The molecule has 0 saturated carbocycles. The predicted octanol–water partition coefficient (Wildman–Crippen LogP) is 1.57.